The Kier molecular flexibility index (Phi) is 4.45. The van der Waals surface area contributed by atoms with Gasteiger partial charge in [-0.2, -0.15) is 10.2 Å². The zero-order valence-electron chi connectivity index (χ0n) is 15.5. The molecule has 0 saturated heterocycles. The van der Waals surface area contributed by atoms with Crippen molar-refractivity contribution in [2.45, 2.75) is 0 Å². The van der Waals surface area contributed by atoms with Gasteiger partial charge in [0.05, 0.1) is 28.2 Å². The van der Waals surface area contributed by atoms with Crippen LogP contribution >= 0.6 is 0 Å². The Labute approximate surface area is 162 Å². The average Bonchev–Trinajstić information content (AvgIpc) is 2.98. The van der Waals surface area contributed by atoms with Gasteiger partial charge in [-0.05, 0) is 60.7 Å². The van der Waals surface area contributed by atoms with Crippen molar-refractivity contribution in [1.29, 1.82) is 0 Å². The minimum absolute atomic E-state index is 0.309. The second-order valence-corrected chi connectivity index (χ2v) is 6.62. The number of hydrogen-bond donors (Lipinski definition) is 0. The van der Waals surface area contributed by atoms with Crippen molar-refractivity contribution in [3.8, 4) is 0 Å². The summed E-state index contributed by atoms with van der Waals surface area (Å²) in [7, 11) is 3.96. The zero-order valence-corrected chi connectivity index (χ0v) is 15.5. The van der Waals surface area contributed by atoms with Gasteiger partial charge >= 0.3 is 0 Å². The number of amides is 2. The van der Waals surface area contributed by atoms with Crippen molar-refractivity contribution in [3.63, 3.8) is 0 Å². The Morgan fingerprint density at radius 2 is 1.14 bits per heavy atom. The fourth-order valence-electron chi connectivity index (χ4n) is 3.03. The maximum Gasteiger partial charge on any atom is 0.266 e. The molecule has 0 aromatic heterocycles. The van der Waals surface area contributed by atoms with E-state index in [1.165, 1.54) is 4.90 Å². The molecular formula is C22H18N4O2. The molecule has 0 atom stereocenters. The predicted octanol–water partition coefficient (Wildman–Crippen LogP) is 4.97. The summed E-state index contributed by atoms with van der Waals surface area (Å²) in [6, 6.07) is 21.4. The van der Waals surface area contributed by atoms with E-state index < -0.39 is 0 Å². The van der Waals surface area contributed by atoms with E-state index in [-0.39, 0.29) is 11.8 Å². The molecule has 0 unspecified atom stereocenters. The van der Waals surface area contributed by atoms with E-state index >= 15 is 0 Å². The first kappa shape index (κ1) is 17.6. The molecule has 6 nitrogen and oxygen atoms in total. The van der Waals surface area contributed by atoms with Crippen molar-refractivity contribution in [1.82, 2.24) is 0 Å². The lowest BCUT2D eigenvalue weighted by atomic mass is 10.1. The molecule has 0 spiro atoms. The SMILES string of the molecule is CN(C)c1ccc(N=Nc2ccc(N3C(=O)c4ccccc4C3=O)cc2)cc1. The van der Waals surface area contributed by atoms with Crippen molar-refractivity contribution >= 4 is 34.6 Å². The summed E-state index contributed by atoms with van der Waals surface area (Å²) in [5.74, 6) is -0.619. The van der Waals surface area contributed by atoms with Gasteiger partial charge in [0.1, 0.15) is 0 Å². The fourth-order valence-corrected chi connectivity index (χ4v) is 3.03. The Morgan fingerprint density at radius 1 is 0.679 bits per heavy atom. The topological polar surface area (TPSA) is 65.3 Å². The van der Waals surface area contributed by atoms with Crippen molar-refractivity contribution in [2.75, 3.05) is 23.9 Å². The summed E-state index contributed by atoms with van der Waals surface area (Å²) >= 11 is 0. The van der Waals surface area contributed by atoms with Crippen LogP contribution in [0.15, 0.2) is 83.0 Å². The Hall–Kier alpha value is -3.80. The number of azo groups is 1. The number of hydrogen-bond acceptors (Lipinski definition) is 5. The number of benzene rings is 3. The van der Waals surface area contributed by atoms with Gasteiger partial charge in [-0.1, -0.05) is 12.1 Å². The molecule has 3 aromatic rings. The number of fused-ring (bicyclic) bond motifs is 1. The number of anilines is 2. The summed E-state index contributed by atoms with van der Waals surface area (Å²) in [6.07, 6.45) is 0. The van der Waals surface area contributed by atoms with Gasteiger partial charge in [0.2, 0.25) is 0 Å². The van der Waals surface area contributed by atoms with E-state index in [2.05, 4.69) is 10.2 Å². The van der Waals surface area contributed by atoms with E-state index in [4.69, 9.17) is 0 Å². The maximum atomic E-state index is 12.5. The van der Waals surface area contributed by atoms with Crippen LogP contribution in [0.3, 0.4) is 0 Å². The monoisotopic (exact) mass is 370 g/mol. The smallest absolute Gasteiger partial charge is 0.266 e. The minimum Gasteiger partial charge on any atom is -0.378 e. The molecule has 1 aliphatic heterocycles. The first-order valence-electron chi connectivity index (χ1n) is 8.81. The second-order valence-electron chi connectivity index (χ2n) is 6.62. The Balaban J connectivity index is 1.52. The van der Waals surface area contributed by atoms with Gasteiger partial charge < -0.3 is 4.90 Å². The third-order valence-corrected chi connectivity index (χ3v) is 4.55. The van der Waals surface area contributed by atoms with Crippen LogP contribution in [0.4, 0.5) is 22.7 Å². The van der Waals surface area contributed by atoms with Crippen molar-refractivity contribution in [3.05, 3.63) is 83.9 Å². The van der Waals surface area contributed by atoms with Crippen LogP contribution in [0.5, 0.6) is 0 Å². The highest BCUT2D eigenvalue weighted by molar-refractivity contribution is 6.34. The molecule has 0 bridgehead atoms. The summed E-state index contributed by atoms with van der Waals surface area (Å²) in [5.41, 5.74) is 3.84. The lowest BCUT2D eigenvalue weighted by Crippen LogP contribution is -2.29. The highest BCUT2D eigenvalue weighted by Crippen LogP contribution is 2.30. The van der Waals surface area contributed by atoms with Crippen LogP contribution in [0, 0.1) is 0 Å². The summed E-state index contributed by atoms with van der Waals surface area (Å²) < 4.78 is 0. The number of nitrogens with zero attached hydrogens (tertiary/aromatic N) is 4. The maximum absolute atomic E-state index is 12.5. The molecule has 2 amide bonds. The standard InChI is InChI=1S/C22H18N4O2/c1-25(2)17-11-7-15(8-12-17)23-24-16-9-13-18(14-10-16)26-21(27)19-5-3-4-6-20(19)22(26)28/h3-14H,1-2H3. The van der Waals surface area contributed by atoms with Crippen LogP contribution in [0.1, 0.15) is 20.7 Å². The van der Waals surface area contributed by atoms with Gasteiger partial charge in [-0.25, -0.2) is 4.90 Å². The van der Waals surface area contributed by atoms with Crippen LogP contribution in [0.2, 0.25) is 0 Å². The molecule has 0 fully saturated rings. The summed E-state index contributed by atoms with van der Waals surface area (Å²) in [4.78, 5) is 28.3. The number of carbonyl (C=O) groups excluding carboxylic acids is 2. The van der Waals surface area contributed by atoms with E-state index in [1.807, 2.05) is 43.3 Å². The molecule has 1 aliphatic rings. The molecule has 0 N–H and O–H groups in total. The van der Waals surface area contributed by atoms with E-state index in [9.17, 15) is 9.59 Å². The first-order chi connectivity index (χ1) is 13.5. The highest BCUT2D eigenvalue weighted by Gasteiger charge is 2.36. The van der Waals surface area contributed by atoms with E-state index in [0.29, 0.717) is 22.5 Å². The van der Waals surface area contributed by atoms with E-state index in [0.717, 1.165) is 11.4 Å². The molecule has 3 aromatic carbocycles. The molecule has 1 heterocycles. The van der Waals surface area contributed by atoms with Crippen molar-refractivity contribution < 1.29 is 9.59 Å². The molecule has 0 radical (unpaired) electrons. The average molecular weight is 370 g/mol. The third kappa shape index (κ3) is 3.16. The minimum atomic E-state index is -0.309. The van der Waals surface area contributed by atoms with Crippen molar-refractivity contribution in [2.24, 2.45) is 10.2 Å². The molecule has 0 saturated carbocycles. The summed E-state index contributed by atoms with van der Waals surface area (Å²) in [6.45, 7) is 0. The second kappa shape index (κ2) is 7.08. The molecular weight excluding hydrogens is 352 g/mol. The third-order valence-electron chi connectivity index (χ3n) is 4.55. The Bertz CT molecular complexity index is 1040. The summed E-state index contributed by atoms with van der Waals surface area (Å²) in [5, 5.41) is 8.44. The molecule has 6 heteroatoms. The molecule has 4 rings (SSSR count). The lowest BCUT2D eigenvalue weighted by molar-refractivity contribution is 0.0926. The first-order valence-corrected chi connectivity index (χ1v) is 8.81. The number of rotatable bonds is 4. The quantitative estimate of drug-likeness (QED) is 0.481. The van der Waals surface area contributed by atoms with Gasteiger partial charge in [-0.3, -0.25) is 9.59 Å². The lowest BCUT2D eigenvalue weighted by Gasteiger charge is -2.13. The van der Waals surface area contributed by atoms with Crippen LogP contribution in [-0.2, 0) is 0 Å². The van der Waals surface area contributed by atoms with E-state index in [1.54, 1.807) is 48.5 Å². The zero-order chi connectivity index (χ0) is 19.7. The predicted molar refractivity (Wildman–Crippen MR) is 109 cm³/mol. The van der Waals surface area contributed by atoms with Gasteiger partial charge in [0.25, 0.3) is 11.8 Å². The number of imide groups is 1. The molecule has 138 valence electrons. The van der Waals surface area contributed by atoms with Gasteiger partial charge in [0.15, 0.2) is 0 Å². The largest absolute Gasteiger partial charge is 0.378 e. The van der Waals surface area contributed by atoms with Crippen LogP contribution in [0.25, 0.3) is 0 Å². The molecule has 28 heavy (non-hydrogen) atoms. The molecule has 0 aliphatic carbocycles. The fraction of sp³-hybridized carbons (Fsp3) is 0.0909. The number of carbonyl (C=O) groups is 2. The van der Waals surface area contributed by atoms with Gasteiger partial charge in [0, 0.05) is 19.8 Å². The van der Waals surface area contributed by atoms with Gasteiger partial charge in [-0.15, -0.1) is 0 Å². The normalized spacial score (nSPS) is 13.3. The highest BCUT2D eigenvalue weighted by atomic mass is 16.2. The van der Waals surface area contributed by atoms with Crippen LogP contribution < -0.4 is 9.80 Å². The Morgan fingerprint density at radius 3 is 1.61 bits per heavy atom. The van der Waals surface area contributed by atoms with Crippen LogP contribution in [-0.4, -0.2) is 25.9 Å².